The molecule has 1 aliphatic rings. The fourth-order valence-electron chi connectivity index (χ4n) is 3.02. The molecule has 1 aromatic heterocycles. The molecule has 0 saturated carbocycles. The van der Waals surface area contributed by atoms with Gasteiger partial charge in [-0.2, -0.15) is 0 Å². The number of anilines is 1. The van der Waals surface area contributed by atoms with Crippen molar-refractivity contribution in [3.8, 4) is 11.1 Å². The lowest BCUT2D eigenvalue weighted by molar-refractivity contribution is -0.136. The minimum absolute atomic E-state index is 0.114. The Morgan fingerprint density at radius 2 is 1.88 bits per heavy atom. The van der Waals surface area contributed by atoms with Crippen LogP contribution in [0, 0.1) is 0 Å². The van der Waals surface area contributed by atoms with Gasteiger partial charge in [-0.3, -0.25) is 14.9 Å². The summed E-state index contributed by atoms with van der Waals surface area (Å²) in [6.45, 7) is 2.64. The monoisotopic (exact) mass is 338 g/mol. The van der Waals surface area contributed by atoms with E-state index in [4.69, 9.17) is 0 Å². The van der Waals surface area contributed by atoms with Crippen molar-refractivity contribution >= 4 is 17.8 Å². The smallest absolute Gasteiger partial charge is 0.229 e. The van der Waals surface area contributed by atoms with Gasteiger partial charge in [0.05, 0.1) is 0 Å². The summed E-state index contributed by atoms with van der Waals surface area (Å²) in [5.41, 5.74) is 1.92. The molecular weight excluding hydrogens is 316 g/mol. The Bertz CT molecular complexity index is 731. The number of piperidine rings is 1. The van der Waals surface area contributed by atoms with E-state index in [-0.39, 0.29) is 30.2 Å². The summed E-state index contributed by atoms with van der Waals surface area (Å²) in [5, 5.41) is 2.71. The third-order valence-electron chi connectivity index (χ3n) is 4.38. The molecule has 1 fully saturated rings. The predicted octanol–water partition coefficient (Wildman–Crippen LogP) is 2.87. The summed E-state index contributed by atoms with van der Waals surface area (Å²) >= 11 is 0. The maximum absolute atomic E-state index is 12.2. The standard InChI is InChI=1S/C19H22N4O2/c1-14(23-10-6-5-9-18(23)25)11-17(24)22-19-20-12-16(13-21-19)15-7-3-2-4-8-15/h2-4,7-8,12-14H,5-6,9-11H2,1H3,(H,20,21,22,24)/t14-/m1/s1. The molecule has 0 radical (unpaired) electrons. The summed E-state index contributed by atoms with van der Waals surface area (Å²) in [6.07, 6.45) is 6.15. The van der Waals surface area contributed by atoms with Crippen molar-refractivity contribution in [2.24, 2.45) is 0 Å². The number of hydrogen-bond donors (Lipinski definition) is 1. The van der Waals surface area contributed by atoms with Gasteiger partial charge >= 0.3 is 0 Å². The molecule has 25 heavy (non-hydrogen) atoms. The van der Waals surface area contributed by atoms with Crippen molar-refractivity contribution in [2.45, 2.75) is 38.6 Å². The summed E-state index contributed by atoms with van der Waals surface area (Å²) in [4.78, 5) is 34.3. The molecule has 1 saturated heterocycles. The zero-order valence-corrected chi connectivity index (χ0v) is 14.3. The Morgan fingerprint density at radius 1 is 1.16 bits per heavy atom. The van der Waals surface area contributed by atoms with Crippen LogP contribution >= 0.6 is 0 Å². The highest BCUT2D eigenvalue weighted by molar-refractivity contribution is 5.90. The van der Waals surface area contributed by atoms with Crippen molar-refractivity contribution in [3.63, 3.8) is 0 Å². The third-order valence-corrected chi connectivity index (χ3v) is 4.38. The number of aromatic nitrogens is 2. The second kappa shape index (κ2) is 7.88. The van der Waals surface area contributed by atoms with Gasteiger partial charge in [-0.05, 0) is 25.3 Å². The van der Waals surface area contributed by atoms with Crippen LogP contribution in [0.5, 0.6) is 0 Å². The number of likely N-dealkylation sites (tertiary alicyclic amines) is 1. The quantitative estimate of drug-likeness (QED) is 0.909. The first-order chi connectivity index (χ1) is 12.1. The molecule has 130 valence electrons. The maximum Gasteiger partial charge on any atom is 0.229 e. The van der Waals surface area contributed by atoms with E-state index in [1.165, 1.54) is 0 Å². The van der Waals surface area contributed by atoms with Gasteiger partial charge in [0.1, 0.15) is 0 Å². The molecule has 1 aromatic carbocycles. The van der Waals surface area contributed by atoms with E-state index in [0.29, 0.717) is 6.42 Å². The summed E-state index contributed by atoms with van der Waals surface area (Å²) in [6, 6.07) is 9.70. The van der Waals surface area contributed by atoms with Crippen LogP contribution in [0.3, 0.4) is 0 Å². The van der Waals surface area contributed by atoms with Gasteiger partial charge in [0.25, 0.3) is 0 Å². The molecule has 2 heterocycles. The molecule has 6 nitrogen and oxygen atoms in total. The minimum atomic E-state index is -0.182. The Hall–Kier alpha value is -2.76. The van der Waals surface area contributed by atoms with E-state index in [1.54, 1.807) is 17.3 Å². The first-order valence-electron chi connectivity index (χ1n) is 8.60. The van der Waals surface area contributed by atoms with Crippen LogP contribution < -0.4 is 5.32 Å². The number of nitrogens with zero attached hydrogens (tertiary/aromatic N) is 3. The number of nitrogens with one attached hydrogen (secondary N) is 1. The summed E-state index contributed by atoms with van der Waals surface area (Å²) in [7, 11) is 0. The topological polar surface area (TPSA) is 75.2 Å². The van der Waals surface area contributed by atoms with Crippen LogP contribution in [0.2, 0.25) is 0 Å². The molecule has 1 atom stereocenters. The van der Waals surface area contributed by atoms with E-state index in [1.807, 2.05) is 37.3 Å². The van der Waals surface area contributed by atoms with Crippen molar-refractivity contribution < 1.29 is 9.59 Å². The molecule has 2 amide bonds. The average molecular weight is 338 g/mol. The second-order valence-corrected chi connectivity index (χ2v) is 6.31. The number of rotatable bonds is 5. The normalized spacial score (nSPS) is 15.7. The van der Waals surface area contributed by atoms with Gasteiger partial charge in [0.15, 0.2) is 0 Å². The van der Waals surface area contributed by atoms with Gasteiger partial charge in [0, 0.05) is 43.4 Å². The van der Waals surface area contributed by atoms with Crippen LogP contribution in [0.4, 0.5) is 5.95 Å². The Morgan fingerprint density at radius 3 is 2.56 bits per heavy atom. The number of benzene rings is 1. The van der Waals surface area contributed by atoms with E-state index in [0.717, 1.165) is 30.5 Å². The van der Waals surface area contributed by atoms with Gasteiger partial charge in [-0.15, -0.1) is 0 Å². The Kier molecular flexibility index (Phi) is 5.38. The third kappa shape index (κ3) is 4.41. The summed E-state index contributed by atoms with van der Waals surface area (Å²) in [5.74, 6) is 0.232. The lowest BCUT2D eigenvalue weighted by Crippen LogP contribution is -2.43. The molecule has 1 N–H and O–H groups in total. The van der Waals surface area contributed by atoms with E-state index in [2.05, 4.69) is 15.3 Å². The lowest BCUT2D eigenvalue weighted by Gasteiger charge is -2.32. The number of carbonyl (C=O) groups is 2. The molecular formula is C19H22N4O2. The highest BCUT2D eigenvalue weighted by atomic mass is 16.2. The van der Waals surface area contributed by atoms with Crippen LogP contribution in [0.25, 0.3) is 11.1 Å². The van der Waals surface area contributed by atoms with Crippen LogP contribution in [0.1, 0.15) is 32.6 Å². The minimum Gasteiger partial charge on any atom is -0.339 e. The fourth-order valence-corrected chi connectivity index (χ4v) is 3.02. The second-order valence-electron chi connectivity index (χ2n) is 6.31. The predicted molar refractivity (Wildman–Crippen MR) is 95.7 cm³/mol. The first-order valence-corrected chi connectivity index (χ1v) is 8.60. The molecule has 0 bridgehead atoms. The van der Waals surface area contributed by atoms with Crippen molar-refractivity contribution in [3.05, 3.63) is 42.7 Å². The zero-order valence-electron chi connectivity index (χ0n) is 14.3. The number of carbonyl (C=O) groups excluding carboxylic acids is 2. The molecule has 2 aromatic rings. The van der Waals surface area contributed by atoms with E-state index >= 15 is 0 Å². The molecule has 1 aliphatic heterocycles. The van der Waals surface area contributed by atoms with E-state index in [9.17, 15) is 9.59 Å². The molecule has 0 spiro atoms. The van der Waals surface area contributed by atoms with E-state index < -0.39 is 0 Å². The molecule has 6 heteroatoms. The highest BCUT2D eigenvalue weighted by Gasteiger charge is 2.24. The van der Waals surface area contributed by atoms with Gasteiger partial charge in [0.2, 0.25) is 17.8 Å². The Labute approximate surface area is 147 Å². The van der Waals surface area contributed by atoms with Crippen LogP contribution in [-0.2, 0) is 9.59 Å². The van der Waals surface area contributed by atoms with Crippen molar-refractivity contribution in [1.82, 2.24) is 14.9 Å². The van der Waals surface area contributed by atoms with Crippen LogP contribution in [0.15, 0.2) is 42.7 Å². The molecule has 0 aliphatic carbocycles. The average Bonchev–Trinajstić information content (AvgIpc) is 2.63. The highest BCUT2D eigenvalue weighted by Crippen LogP contribution is 2.18. The van der Waals surface area contributed by atoms with Crippen molar-refractivity contribution in [2.75, 3.05) is 11.9 Å². The summed E-state index contributed by atoms with van der Waals surface area (Å²) < 4.78 is 0. The number of amides is 2. The largest absolute Gasteiger partial charge is 0.339 e. The Balaban J connectivity index is 1.56. The molecule has 3 rings (SSSR count). The lowest BCUT2D eigenvalue weighted by atomic mass is 10.1. The molecule has 0 unspecified atom stereocenters. The SMILES string of the molecule is C[C@H](CC(=O)Nc1ncc(-c2ccccc2)cn1)N1CCCCC1=O. The maximum atomic E-state index is 12.2. The van der Waals surface area contributed by atoms with Gasteiger partial charge < -0.3 is 4.90 Å². The van der Waals surface area contributed by atoms with Crippen LogP contribution in [-0.4, -0.2) is 39.3 Å². The van der Waals surface area contributed by atoms with Gasteiger partial charge in [-0.25, -0.2) is 9.97 Å². The van der Waals surface area contributed by atoms with Crippen molar-refractivity contribution in [1.29, 1.82) is 0 Å². The number of hydrogen-bond acceptors (Lipinski definition) is 4. The zero-order chi connectivity index (χ0) is 17.6. The first kappa shape index (κ1) is 17.1. The fraction of sp³-hybridized carbons (Fsp3) is 0.368. The van der Waals surface area contributed by atoms with Gasteiger partial charge in [-0.1, -0.05) is 30.3 Å².